The van der Waals surface area contributed by atoms with Crippen LogP contribution in [0.25, 0.3) is 11.0 Å². The van der Waals surface area contributed by atoms with Gasteiger partial charge in [-0.1, -0.05) is 18.2 Å². The highest BCUT2D eigenvalue weighted by Gasteiger charge is 2.20. The number of benzene rings is 2. The highest BCUT2D eigenvalue weighted by Crippen LogP contribution is 2.26. The number of Topliss-reactive ketones (excluding diaryl/α,β-unsaturated/α-hetero) is 1. The summed E-state index contributed by atoms with van der Waals surface area (Å²) in [6, 6.07) is 14.1. The maximum Gasteiger partial charge on any atom is 0.287 e. The molecule has 0 aliphatic heterocycles. The molecule has 0 saturated carbocycles. The summed E-state index contributed by atoms with van der Waals surface area (Å²) in [6.45, 7) is 0.635. The Morgan fingerprint density at radius 1 is 1.10 bits per heavy atom. The monoisotopic (exact) mass is 396 g/mol. The number of ether oxygens (including phenoxy) is 1. The van der Waals surface area contributed by atoms with E-state index in [1.165, 1.54) is 0 Å². The van der Waals surface area contributed by atoms with Gasteiger partial charge in [-0.2, -0.15) is 0 Å². The second-order valence-corrected chi connectivity index (χ2v) is 6.85. The van der Waals surface area contributed by atoms with Gasteiger partial charge in [0, 0.05) is 23.1 Å². The molecule has 3 rings (SSSR count). The molecule has 7 nitrogen and oxygen atoms in total. The lowest BCUT2D eigenvalue weighted by Gasteiger charge is -2.11. The van der Waals surface area contributed by atoms with E-state index in [-0.39, 0.29) is 18.3 Å². The summed E-state index contributed by atoms with van der Waals surface area (Å²) in [5.74, 6) is 0.256. The van der Waals surface area contributed by atoms with Crippen LogP contribution in [0.1, 0.15) is 26.5 Å². The molecule has 0 unspecified atom stereocenters. The van der Waals surface area contributed by atoms with Crippen LogP contribution < -0.4 is 10.1 Å². The van der Waals surface area contributed by atoms with Crippen LogP contribution in [0, 0.1) is 0 Å². The van der Waals surface area contributed by atoms with Crippen LogP contribution in [-0.2, 0) is 6.54 Å². The predicted octanol–water partition coefficient (Wildman–Crippen LogP) is 2.48. The molecule has 2 N–H and O–H groups in total. The van der Waals surface area contributed by atoms with Crippen molar-refractivity contribution in [3.63, 3.8) is 0 Å². The number of aliphatic hydroxyl groups is 1. The normalized spacial score (nSPS) is 11.0. The molecule has 0 atom stereocenters. The van der Waals surface area contributed by atoms with Gasteiger partial charge in [0.1, 0.15) is 24.5 Å². The maximum absolute atomic E-state index is 12.6. The minimum atomic E-state index is -0.524. The van der Waals surface area contributed by atoms with E-state index >= 15 is 0 Å². The van der Waals surface area contributed by atoms with Crippen molar-refractivity contribution in [1.29, 1.82) is 0 Å². The molecule has 0 spiro atoms. The summed E-state index contributed by atoms with van der Waals surface area (Å²) in [5, 5.41) is 12.6. The van der Waals surface area contributed by atoms with E-state index in [1.54, 1.807) is 24.3 Å². The summed E-state index contributed by atoms with van der Waals surface area (Å²) in [6.07, 6.45) is 0. The maximum atomic E-state index is 12.6. The number of carbonyl (C=O) groups excluding carboxylic acids is 2. The second-order valence-electron chi connectivity index (χ2n) is 6.85. The van der Waals surface area contributed by atoms with Gasteiger partial charge in [-0.05, 0) is 44.4 Å². The smallest absolute Gasteiger partial charge is 0.287 e. The summed E-state index contributed by atoms with van der Waals surface area (Å²) in [7, 11) is 3.88. The Labute approximate surface area is 168 Å². The number of amides is 1. The molecule has 2 aromatic carbocycles. The molecule has 1 amide bonds. The Kier molecular flexibility index (Phi) is 6.64. The zero-order valence-corrected chi connectivity index (χ0v) is 16.5. The molecule has 0 fully saturated rings. The van der Waals surface area contributed by atoms with E-state index in [2.05, 4.69) is 5.32 Å². The van der Waals surface area contributed by atoms with Crippen molar-refractivity contribution in [2.24, 2.45) is 0 Å². The number of para-hydroxylation sites is 1. The number of carbonyl (C=O) groups is 2. The molecule has 0 aliphatic carbocycles. The standard InChI is InChI=1S/C22H24N2O5/c1-24(2)13-18-17-5-3-4-6-20(17)29-21(18)22(27)23-11-12-28-16-9-7-15(8-10-16)19(26)14-25/h3-10,25H,11-14H2,1-2H3,(H,23,27). The van der Waals surface area contributed by atoms with Gasteiger partial charge >= 0.3 is 0 Å². The number of aliphatic hydroxyl groups excluding tert-OH is 1. The lowest BCUT2D eigenvalue weighted by molar-refractivity contribution is 0.0900. The van der Waals surface area contributed by atoms with Crippen molar-refractivity contribution in [3.05, 3.63) is 65.4 Å². The summed E-state index contributed by atoms with van der Waals surface area (Å²) >= 11 is 0. The highest BCUT2D eigenvalue weighted by molar-refractivity contribution is 5.99. The van der Waals surface area contributed by atoms with Crippen molar-refractivity contribution < 1.29 is 23.8 Å². The van der Waals surface area contributed by atoms with Crippen LogP contribution >= 0.6 is 0 Å². The van der Waals surface area contributed by atoms with E-state index in [4.69, 9.17) is 14.3 Å². The number of nitrogens with zero attached hydrogens (tertiary/aromatic N) is 1. The molecule has 29 heavy (non-hydrogen) atoms. The van der Waals surface area contributed by atoms with Gasteiger partial charge in [-0.3, -0.25) is 9.59 Å². The van der Waals surface area contributed by atoms with Crippen molar-refractivity contribution in [1.82, 2.24) is 10.2 Å². The van der Waals surface area contributed by atoms with Gasteiger partial charge in [-0.25, -0.2) is 0 Å². The minimum absolute atomic E-state index is 0.266. The topological polar surface area (TPSA) is 92.0 Å². The van der Waals surface area contributed by atoms with E-state index in [1.807, 2.05) is 43.3 Å². The molecule has 0 bridgehead atoms. The van der Waals surface area contributed by atoms with Crippen LogP contribution in [0.4, 0.5) is 0 Å². The highest BCUT2D eigenvalue weighted by atomic mass is 16.5. The number of hydrogen-bond donors (Lipinski definition) is 2. The van der Waals surface area contributed by atoms with Crippen molar-refractivity contribution in [2.45, 2.75) is 6.54 Å². The molecule has 0 aliphatic rings. The van der Waals surface area contributed by atoms with Crippen LogP contribution in [0.5, 0.6) is 5.75 Å². The fraction of sp³-hybridized carbons (Fsp3) is 0.273. The first-order chi connectivity index (χ1) is 14.0. The third-order valence-corrected chi connectivity index (χ3v) is 4.36. The SMILES string of the molecule is CN(C)Cc1c(C(=O)NCCOc2ccc(C(=O)CO)cc2)oc2ccccc12. The molecule has 1 aromatic heterocycles. The van der Waals surface area contributed by atoms with Gasteiger partial charge in [0.25, 0.3) is 5.91 Å². The predicted molar refractivity (Wildman–Crippen MR) is 109 cm³/mol. The molecule has 3 aromatic rings. The summed E-state index contributed by atoms with van der Waals surface area (Å²) < 4.78 is 11.4. The lowest BCUT2D eigenvalue weighted by atomic mass is 10.1. The number of ketones is 1. The lowest BCUT2D eigenvalue weighted by Crippen LogP contribution is -2.29. The number of hydrogen-bond acceptors (Lipinski definition) is 6. The fourth-order valence-corrected chi connectivity index (χ4v) is 3.00. The van der Waals surface area contributed by atoms with Crippen molar-refractivity contribution in [3.8, 4) is 5.75 Å². The molecule has 0 saturated heterocycles. The fourth-order valence-electron chi connectivity index (χ4n) is 3.00. The minimum Gasteiger partial charge on any atom is -0.492 e. The summed E-state index contributed by atoms with van der Waals surface area (Å²) in [5.41, 5.74) is 1.96. The Balaban J connectivity index is 1.59. The van der Waals surface area contributed by atoms with Gasteiger partial charge in [0.2, 0.25) is 0 Å². The molecule has 0 radical (unpaired) electrons. The first kappa shape index (κ1) is 20.6. The first-order valence-corrected chi connectivity index (χ1v) is 9.30. The third-order valence-electron chi connectivity index (χ3n) is 4.36. The number of furan rings is 1. The average Bonchev–Trinajstić information content (AvgIpc) is 3.09. The van der Waals surface area contributed by atoms with E-state index in [9.17, 15) is 9.59 Å². The average molecular weight is 396 g/mol. The van der Waals surface area contributed by atoms with Crippen molar-refractivity contribution >= 4 is 22.7 Å². The Morgan fingerprint density at radius 3 is 2.52 bits per heavy atom. The van der Waals surface area contributed by atoms with Gasteiger partial charge in [0.15, 0.2) is 11.5 Å². The zero-order valence-electron chi connectivity index (χ0n) is 16.5. The van der Waals surface area contributed by atoms with E-state index in [0.29, 0.717) is 35.7 Å². The molecule has 7 heteroatoms. The van der Waals surface area contributed by atoms with Gasteiger partial charge in [-0.15, -0.1) is 0 Å². The largest absolute Gasteiger partial charge is 0.492 e. The van der Waals surface area contributed by atoms with Gasteiger partial charge < -0.3 is 24.5 Å². The number of rotatable bonds is 9. The first-order valence-electron chi connectivity index (χ1n) is 9.30. The second kappa shape index (κ2) is 9.36. The van der Waals surface area contributed by atoms with Crippen molar-refractivity contribution in [2.75, 3.05) is 33.9 Å². The third kappa shape index (κ3) is 5.01. The van der Waals surface area contributed by atoms with E-state index in [0.717, 1.165) is 10.9 Å². The Hall–Kier alpha value is -3.16. The molecule has 1 heterocycles. The summed E-state index contributed by atoms with van der Waals surface area (Å²) in [4.78, 5) is 26.0. The van der Waals surface area contributed by atoms with Crippen LogP contribution in [0.2, 0.25) is 0 Å². The van der Waals surface area contributed by atoms with Crippen LogP contribution in [-0.4, -0.2) is 55.6 Å². The number of fused-ring (bicyclic) bond motifs is 1. The molecule has 152 valence electrons. The van der Waals surface area contributed by atoms with E-state index < -0.39 is 6.61 Å². The quantitative estimate of drug-likeness (QED) is 0.426. The molecular weight excluding hydrogens is 372 g/mol. The zero-order chi connectivity index (χ0) is 20.8. The Bertz CT molecular complexity index is 992. The Morgan fingerprint density at radius 2 is 1.83 bits per heavy atom. The molecular formula is C22H24N2O5. The van der Waals surface area contributed by atoms with Crippen LogP contribution in [0.15, 0.2) is 52.9 Å². The number of nitrogens with one attached hydrogen (secondary N) is 1. The van der Waals surface area contributed by atoms with Crippen LogP contribution in [0.3, 0.4) is 0 Å². The van der Waals surface area contributed by atoms with Gasteiger partial charge in [0.05, 0.1) is 6.54 Å².